The second-order valence-electron chi connectivity index (χ2n) is 9.22. The van der Waals surface area contributed by atoms with Crippen molar-refractivity contribution in [3.05, 3.63) is 64.6 Å². The number of fused-ring (bicyclic) bond motifs is 4. The van der Waals surface area contributed by atoms with Crippen LogP contribution in [-0.2, 0) is 22.4 Å². The zero-order chi connectivity index (χ0) is 20.9. The predicted molar refractivity (Wildman–Crippen MR) is 114 cm³/mol. The van der Waals surface area contributed by atoms with E-state index in [9.17, 15) is 9.90 Å². The maximum absolute atomic E-state index is 12.6. The molecule has 0 saturated heterocycles. The van der Waals surface area contributed by atoms with Crippen molar-refractivity contribution in [1.29, 1.82) is 0 Å². The van der Waals surface area contributed by atoms with E-state index in [-0.39, 0.29) is 11.7 Å². The predicted octanol–water partition coefficient (Wildman–Crippen LogP) is 3.90. The topological polar surface area (TPSA) is 62.9 Å². The first-order valence-electron chi connectivity index (χ1n) is 10.9. The molecule has 1 saturated carbocycles. The highest BCUT2D eigenvalue weighted by Gasteiger charge is 2.54. The Morgan fingerprint density at radius 1 is 1.20 bits per heavy atom. The molecule has 5 rings (SSSR count). The Labute approximate surface area is 177 Å². The monoisotopic (exact) mass is 407 g/mol. The minimum absolute atomic E-state index is 0.0250. The first-order chi connectivity index (χ1) is 14.4. The van der Waals surface area contributed by atoms with Crippen LogP contribution in [0.3, 0.4) is 0 Å². The SMILES string of the molecule is CN(C)CC1CC2(CCC1(O)c1ccccc1)OCCc1c2oc2c1C(=O)CC=C2. The number of allylic oxidation sites excluding steroid dienone is 1. The van der Waals surface area contributed by atoms with E-state index in [1.807, 2.05) is 56.6 Å². The van der Waals surface area contributed by atoms with Crippen molar-refractivity contribution >= 4 is 11.9 Å². The Balaban J connectivity index is 1.57. The molecule has 1 fully saturated rings. The van der Waals surface area contributed by atoms with Crippen LogP contribution in [0.5, 0.6) is 0 Å². The van der Waals surface area contributed by atoms with Gasteiger partial charge in [0.2, 0.25) is 0 Å². The number of aliphatic hydroxyl groups is 1. The molecule has 30 heavy (non-hydrogen) atoms. The van der Waals surface area contributed by atoms with Gasteiger partial charge in [-0.15, -0.1) is 0 Å². The molecule has 1 N–H and O–H groups in total. The van der Waals surface area contributed by atoms with Gasteiger partial charge in [-0.2, -0.15) is 0 Å². The van der Waals surface area contributed by atoms with Crippen molar-refractivity contribution < 1.29 is 19.1 Å². The molecule has 3 aliphatic rings. The Hall–Kier alpha value is -2.21. The molecule has 2 aliphatic carbocycles. The molecule has 3 unspecified atom stereocenters. The van der Waals surface area contributed by atoms with Crippen LogP contribution in [0.4, 0.5) is 0 Å². The summed E-state index contributed by atoms with van der Waals surface area (Å²) in [6, 6.07) is 9.98. The summed E-state index contributed by atoms with van der Waals surface area (Å²) in [7, 11) is 4.07. The molecule has 1 aliphatic heterocycles. The average Bonchev–Trinajstić information content (AvgIpc) is 3.13. The number of carbonyl (C=O) groups excluding carboxylic acids is 1. The summed E-state index contributed by atoms with van der Waals surface area (Å²) in [5.74, 6) is 1.60. The van der Waals surface area contributed by atoms with Gasteiger partial charge in [0.05, 0.1) is 17.8 Å². The lowest BCUT2D eigenvalue weighted by atomic mass is 9.64. The lowest BCUT2D eigenvalue weighted by molar-refractivity contribution is -0.172. The van der Waals surface area contributed by atoms with Crippen LogP contribution in [0.1, 0.15) is 58.7 Å². The zero-order valence-electron chi connectivity index (χ0n) is 17.7. The summed E-state index contributed by atoms with van der Waals surface area (Å²) in [4.78, 5) is 14.7. The van der Waals surface area contributed by atoms with Gasteiger partial charge in [0.25, 0.3) is 0 Å². The molecule has 0 bridgehead atoms. The summed E-state index contributed by atoms with van der Waals surface area (Å²) < 4.78 is 12.7. The normalized spacial score (nSPS) is 30.5. The van der Waals surface area contributed by atoms with Gasteiger partial charge in [0, 0.05) is 30.9 Å². The van der Waals surface area contributed by atoms with Gasteiger partial charge >= 0.3 is 0 Å². The largest absolute Gasteiger partial charge is 0.458 e. The van der Waals surface area contributed by atoms with Crippen molar-refractivity contribution in [2.45, 2.75) is 43.3 Å². The maximum Gasteiger partial charge on any atom is 0.170 e. The minimum atomic E-state index is -0.917. The van der Waals surface area contributed by atoms with Gasteiger partial charge in [-0.25, -0.2) is 0 Å². The van der Waals surface area contributed by atoms with Crippen molar-refractivity contribution in [3.8, 4) is 0 Å². The van der Waals surface area contributed by atoms with E-state index < -0.39 is 11.2 Å². The molecule has 5 nitrogen and oxygen atoms in total. The first kappa shape index (κ1) is 19.7. The molecule has 3 atom stereocenters. The second kappa shape index (κ2) is 7.19. The number of benzene rings is 1. The van der Waals surface area contributed by atoms with Crippen LogP contribution in [0.15, 0.2) is 40.8 Å². The number of rotatable bonds is 3. The number of ketones is 1. The fraction of sp³-hybridized carbons (Fsp3) is 0.480. The van der Waals surface area contributed by atoms with Crippen molar-refractivity contribution in [1.82, 2.24) is 4.90 Å². The third-order valence-electron chi connectivity index (χ3n) is 7.05. The minimum Gasteiger partial charge on any atom is -0.458 e. The molecule has 1 aromatic heterocycles. The van der Waals surface area contributed by atoms with Crippen LogP contribution in [0.25, 0.3) is 6.08 Å². The van der Waals surface area contributed by atoms with Gasteiger partial charge < -0.3 is 19.2 Å². The van der Waals surface area contributed by atoms with E-state index in [4.69, 9.17) is 9.15 Å². The molecule has 158 valence electrons. The Morgan fingerprint density at radius 2 is 2.00 bits per heavy atom. The molecule has 5 heteroatoms. The standard InChI is InChI=1S/C25H29NO4/c1-26(2)16-18-15-24(12-13-25(18,28)17-7-4-3-5-8-17)23-19(11-14-29-24)22-20(27)9-6-10-21(22)30-23/h3-8,10,18,28H,9,11-16H2,1-2H3. The highest BCUT2D eigenvalue weighted by Crippen LogP contribution is 2.54. The average molecular weight is 408 g/mol. The van der Waals surface area contributed by atoms with Crippen LogP contribution < -0.4 is 0 Å². The Morgan fingerprint density at radius 3 is 2.77 bits per heavy atom. The van der Waals surface area contributed by atoms with E-state index >= 15 is 0 Å². The van der Waals surface area contributed by atoms with Crippen LogP contribution in [-0.4, -0.2) is 43.0 Å². The molecule has 1 spiro atoms. The second-order valence-corrected chi connectivity index (χ2v) is 9.22. The van der Waals surface area contributed by atoms with Gasteiger partial charge in [-0.3, -0.25) is 4.79 Å². The lowest BCUT2D eigenvalue weighted by Crippen LogP contribution is -2.52. The third-order valence-corrected chi connectivity index (χ3v) is 7.05. The Kier molecular flexibility index (Phi) is 4.73. The quantitative estimate of drug-likeness (QED) is 0.836. The summed E-state index contributed by atoms with van der Waals surface area (Å²) >= 11 is 0. The third kappa shape index (κ3) is 2.99. The van der Waals surface area contributed by atoms with E-state index in [0.29, 0.717) is 44.5 Å². The van der Waals surface area contributed by atoms with Gasteiger partial charge in [-0.1, -0.05) is 36.4 Å². The molecule has 2 heterocycles. The van der Waals surface area contributed by atoms with E-state index in [1.54, 1.807) is 0 Å². The molecular weight excluding hydrogens is 378 g/mol. The number of furan rings is 1. The van der Waals surface area contributed by atoms with Crippen LogP contribution in [0.2, 0.25) is 0 Å². The molecule has 1 aromatic carbocycles. The van der Waals surface area contributed by atoms with Crippen molar-refractivity contribution in [2.75, 3.05) is 27.2 Å². The molecule has 0 amide bonds. The van der Waals surface area contributed by atoms with Gasteiger partial charge in [0.15, 0.2) is 5.78 Å². The van der Waals surface area contributed by atoms with Crippen molar-refractivity contribution in [3.63, 3.8) is 0 Å². The summed E-state index contributed by atoms with van der Waals surface area (Å²) in [5.41, 5.74) is 1.24. The highest BCUT2D eigenvalue weighted by molar-refractivity contribution is 6.03. The fourth-order valence-electron chi connectivity index (χ4n) is 5.67. The van der Waals surface area contributed by atoms with Gasteiger partial charge in [0.1, 0.15) is 17.1 Å². The number of Topliss-reactive ketones (excluding diaryl/α,β-unsaturated/α-hetero) is 1. The van der Waals surface area contributed by atoms with E-state index in [2.05, 4.69) is 4.90 Å². The van der Waals surface area contributed by atoms with E-state index in [1.165, 1.54) is 0 Å². The van der Waals surface area contributed by atoms with Crippen molar-refractivity contribution in [2.24, 2.45) is 5.92 Å². The zero-order valence-corrected chi connectivity index (χ0v) is 17.7. The summed E-state index contributed by atoms with van der Waals surface area (Å²) in [6.07, 6.45) is 6.85. The summed E-state index contributed by atoms with van der Waals surface area (Å²) in [6.45, 7) is 1.32. The smallest absolute Gasteiger partial charge is 0.170 e. The first-order valence-corrected chi connectivity index (χ1v) is 10.9. The van der Waals surface area contributed by atoms with E-state index in [0.717, 1.165) is 29.0 Å². The molecular formula is C25H29NO4. The molecule has 0 radical (unpaired) electrons. The fourth-order valence-corrected chi connectivity index (χ4v) is 5.67. The highest BCUT2D eigenvalue weighted by atomic mass is 16.5. The number of hydrogen-bond donors (Lipinski definition) is 1. The van der Waals surface area contributed by atoms with Crippen LogP contribution >= 0.6 is 0 Å². The maximum atomic E-state index is 12.6. The van der Waals surface area contributed by atoms with Gasteiger partial charge in [-0.05, 0) is 45.0 Å². The summed E-state index contributed by atoms with van der Waals surface area (Å²) in [5, 5.41) is 11.8. The molecule has 2 aromatic rings. The lowest BCUT2D eigenvalue weighted by Gasteiger charge is -2.50. The number of carbonyl (C=O) groups is 1. The number of hydrogen-bond acceptors (Lipinski definition) is 5. The number of nitrogens with zero attached hydrogens (tertiary/aromatic N) is 1. The number of ether oxygens (including phenoxy) is 1. The van der Waals surface area contributed by atoms with Crippen LogP contribution in [0, 0.1) is 5.92 Å². The Bertz CT molecular complexity index is 992.